The van der Waals surface area contributed by atoms with Crippen LogP contribution in [0, 0.1) is 13.8 Å². The summed E-state index contributed by atoms with van der Waals surface area (Å²) in [5.41, 5.74) is 2.15. The number of β-amino-alcohol motifs (C(OH)–C–C–N with tert-alkyl or cyclic N) is 1. The van der Waals surface area contributed by atoms with E-state index in [1.165, 1.54) is 0 Å². The predicted octanol–water partition coefficient (Wildman–Crippen LogP) is 0.366. The standard InChI is InChI=1S/C17H27N3O3/c1-14-3-4-15(2)16(11-14)23-12-17(22)18-13-20-7-5-19(6-8-20)9-10-21/h3-4,11,21H,5-10,12-13H2,1-2H3,(H,18,22). The molecule has 1 fully saturated rings. The molecular weight excluding hydrogens is 294 g/mol. The Labute approximate surface area is 138 Å². The second-order valence-corrected chi connectivity index (χ2v) is 6.00. The van der Waals surface area contributed by atoms with Crippen LogP contribution in [0.1, 0.15) is 11.1 Å². The van der Waals surface area contributed by atoms with Gasteiger partial charge in [-0.15, -0.1) is 0 Å². The molecule has 0 bridgehead atoms. The lowest BCUT2D eigenvalue weighted by atomic mass is 10.1. The van der Waals surface area contributed by atoms with Crippen molar-refractivity contribution in [1.82, 2.24) is 15.1 Å². The third kappa shape index (κ3) is 5.82. The smallest absolute Gasteiger partial charge is 0.258 e. The number of piperazine rings is 1. The van der Waals surface area contributed by atoms with E-state index < -0.39 is 0 Å². The van der Waals surface area contributed by atoms with E-state index in [2.05, 4.69) is 15.1 Å². The van der Waals surface area contributed by atoms with Crippen molar-refractivity contribution in [3.8, 4) is 5.75 Å². The summed E-state index contributed by atoms with van der Waals surface area (Å²) in [6.07, 6.45) is 0. The molecule has 2 rings (SSSR count). The summed E-state index contributed by atoms with van der Waals surface area (Å²) in [6.45, 7) is 9.13. The van der Waals surface area contributed by atoms with Gasteiger partial charge in [0.05, 0.1) is 13.3 Å². The highest BCUT2D eigenvalue weighted by Gasteiger charge is 2.16. The molecule has 1 aromatic carbocycles. The van der Waals surface area contributed by atoms with Crippen molar-refractivity contribution in [1.29, 1.82) is 0 Å². The van der Waals surface area contributed by atoms with Gasteiger partial charge < -0.3 is 15.2 Å². The second-order valence-electron chi connectivity index (χ2n) is 6.00. The summed E-state index contributed by atoms with van der Waals surface area (Å²) in [4.78, 5) is 16.3. The lowest BCUT2D eigenvalue weighted by molar-refractivity contribution is -0.123. The van der Waals surface area contributed by atoms with Gasteiger partial charge in [0.25, 0.3) is 5.91 Å². The molecule has 0 aliphatic carbocycles. The molecule has 1 saturated heterocycles. The van der Waals surface area contributed by atoms with Gasteiger partial charge >= 0.3 is 0 Å². The van der Waals surface area contributed by atoms with E-state index >= 15 is 0 Å². The summed E-state index contributed by atoms with van der Waals surface area (Å²) in [6, 6.07) is 5.97. The Kier molecular flexibility index (Phi) is 6.83. The highest BCUT2D eigenvalue weighted by molar-refractivity contribution is 5.77. The summed E-state index contributed by atoms with van der Waals surface area (Å²) < 4.78 is 5.60. The second kappa shape index (κ2) is 8.86. The maximum absolute atomic E-state index is 11.9. The molecule has 1 heterocycles. The summed E-state index contributed by atoms with van der Waals surface area (Å²) >= 11 is 0. The molecule has 0 saturated carbocycles. The minimum absolute atomic E-state index is 0.0365. The van der Waals surface area contributed by atoms with Crippen LogP contribution < -0.4 is 10.1 Å². The fraction of sp³-hybridized carbons (Fsp3) is 0.588. The molecule has 0 radical (unpaired) electrons. The topological polar surface area (TPSA) is 65.0 Å². The molecule has 0 atom stereocenters. The molecule has 1 aliphatic rings. The first-order valence-electron chi connectivity index (χ1n) is 8.11. The predicted molar refractivity (Wildman–Crippen MR) is 89.5 cm³/mol. The molecule has 0 spiro atoms. The maximum Gasteiger partial charge on any atom is 0.258 e. The van der Waals surface area contributed by atoms with E-state index in [0.29, 0.717) is 6.67 Å². The van der Waals surface area contributed by atoms with Crippen LogP contribution >= 0.6 is 0 Å². The number of aliphatic hydroxyl groups is 1. The number of aryl methyl sites for hydroxylation is 2. The molecule has 6 nitrogen and oxygen atoms in total. The first-order chi connectivity index (χ1) is 11.1. The molecule has 0 aromatic heterocycles. The molecule has 23 heavy (non-hydrogen) atoms. The number of carbonyl (C=O) groups is 1. The van der Waals surface area contributed by atoms with Gasteiger partial charge in [0.15, 0.2) is 6.61 Å². The zero-order valence-electron chi connectivity index (χ0n) is 14.0. The third-order valence-electron chi connectivity index (χ3n) is 4.08. The maximum atomic E-state index is 11.9. The van der Waals surface area contributed by atoms with Crippen LogP contribution in [0.4, 0.5) is 0 Å². The Hall–Kier alpha value is -1.63. The number of hydrogen-bond donors (Lipinski definition) is 2. The highest BCUT2D eigenvalue weighted by atomic mass is 16.5. The number of aliphatic hydroxyl groups excluding tert-OH is 1. The van der Waals surface area contributed by atoms with Crippen LogP contribution in [-0.2, 0) is 4.79 Å². The van der Waals surface area contributed by atoms with Crippen LogP contribution in [0.3, 0.4) is 0 Å². The van der Waals surface area contributed by atoms with Crippen molar-refractivity contribution in [2.24, 2.45) is 0 Å². The van der Waals surface area contributed by atoms with Crippen molar-refractivity contribution in [3.05, 3.63) is 29.3 Å². The third-order valence-corrected chi connectivity index (χ3v) is 4.08. The largest absolute Gasteiger partial charge is 0.483 e. The van der Waals surface area contributed by atoms with Gasteiger partial charge in [-0.05, 0) is 31.0 Å². The number of ether oxygens (including phenoxy) is 1. The number of hydrogen-bond acceptors (Lipinski definition) is 5. The van der Waals surface area contributed by atoms with Gasteiger partial charge in [0.1, 0.15) is 5.75 Å². The van der Waals surface area contributed by atoms with Gasteiger partial charge in [0.2, 0.25) is 0 Å². The summed E-state index contributed by atoms with van der Waals surface area (Å²) in [5, 5.41) is 11.8. The number of carbonyl (C=O) groups excluding carboxylic acids is 1. The number of nitrogens with one attached hydrogen (secondary N) is 1. The van der Waals surface area contributed by atoms with Crippen LogP contribution in [-0.4, -0.2) is 73.4 Å². The van der Waals surface area contributed by atoms with E-state index in [4.69, 9.17) is 9.84 Å². The first-order valence-corrected chi connectivity index (χ1v) is 8.11. The van der Waals surface area contributed by atoms with Crippen molar-refractivity contribution in [2.45, 2.75) is 13.8 Å². The Morgan fingerprint density at radius 1 is 1.22 bits per heavy atom. The van der Waals surface area contributed by atoms with Crippen molar-refractivity contribution in [2.75, 3.05) is 52.6 Å². The SMILES string of the molecule is Cc1ccc(C)c(OCC(=O)NCN2CCN(CCO)CC2)c1. The Morgan fingerprint density at radius 3 is 2.61 bits per heavy atom. The number of amides is 1. The monoisotopic (exact) mass is 321 g/mol. The zero-order valence-corrected chi connectivity index (χ0v) is 14.0. The molecule has 2 N–H and O–H groups in total. The normalized spacial score (nSPS) is 16.3. The van der Waals surface area contributed by atoms with E-state index in [1.807, 2.05) is 32.0 Å². The molecule has 128 valence electrons. The molecule has 1 aliphatic heterocycles. The zero-order chi connectivity index (χ0) is 16.7. The van der Waals surface area contributed by atoms with Gasteiger partial charge in [-0.25, -0.2) is 0 Å². The van der Waals surface area contributed by atoms with Gasteiger partial charge in [-0.2, -0.15) is 0 Å². The number of benzene rings is 1. The van der Waals surface area contributed by atoms with E-state index in [0.717, 1.165) is 49.6 Å². The summed E-state index contributed by atoms with van der Waals surface area (Å²) in [7, 11) is 0. The molecular formula is C17H27N3O3. The molecule has 6 heteroatoms. The van der Waals surface area contributed by atoms with Crippen LogP contribution in [0.2, 0.25) is 0 Å². The fourth-order valence-corrected chi connectivity index (χ4v) is 2.57. The average Bonchev–Trinajstić information content (AvgIpc) is 2.55. The van der Waals surface area contributed by atoms with Crippen molar-refractivity contribution in [3.63, 3.8) is 0 Å². The van der Waals surface area contributed by atoms with Crippen LogP contribution in [0.25, 0.3) is 0 Å². The quantitative estimate of drug-likeness (QED) is 0.759. The number of rotatable bonds is 7. The minimum atomic E-state index is -0.108. The average molecular weight is 321 g/mol. The van der Waals surface area contributed by atoms with E-state index in [1.54, 1.807) is 0 Å². The fourth-order valence-electron chi connectivity index (χ4n) is 2.57. The first kappa shape index (κ1) is 17.7. The lowest BCUT2D eigenvalue weighted by Gasteiger charge is -2.34. The van der Waals surface area contributed by atoms with Gasteiger partial charge in [0, 0.05) is 32.7 Å². The number of nitrogens with zero attached hydrogens (tertiary/aromatic N) is 2. The highest BCUT2D eigenvalue weighted by Crippen LogP contribution is 2.18. The molecule has 0 unspecified atom stereocenters. The minimum Gasteiger partial charge on any atom is -0.483 e. The van der Waals surface area contributed by atoms with E-state index in [9.17, 15) is 4.79 Å². The lowest BCUT2D eigenvalue weighted by Crippen LogP contribution is -2.50. The van der Waals surface area contributed by atoms with Crippen LogP contribution in [0.5, 0.6) is 5.75 Å². The van der Waals surface area contributed by atoms with Crippen LogP contribution in [0.15, 0.2) is 18.2 Å². The molecule has 1 amide bonds. The Morgan fingerprint density at radius 2 is 1.91 bits per heavy atom. The Bertz CT molecular complexity index is 514. The van der Waals surface area contributed by atoms with Gasteiger partial charge in [-0.1, -0.05) is 12.1 Å². The Balaban J connectivity index is 1.67. The van der Waals surface area contributed by atoms with Crippen molar-refractivity contribution >= 4 is 5.91 Å². The van der Waals surface area contributed by atoms with Gasteiger partial charge in [-0.3, -0.25) is 14.6 Å². The van der Waals surface area contributed by atoms with E-state index in [-0.39, 0.29) is 19.1 Å². The van der Waals surface area contributed by atoms with Crippen molar-refractivity contribution < 1.29 is 14.6 Å². The molecule has 1 aromatic rings. The summed E-state index contributed by atoms with van der Waals surface area (Å²) in [5.74, 6) is 0.654.